The Kier molecular flexibility index (Phi) is 5.44. The van der Waals surface area contributed by atoms with Crippen LogP contribution in [0.3, 0.4) is 0 Å². The van der Waals surface area contributed by atoms with Gasteiger partial charge in [0.25, 0.3) is 0 Å². The number of nitrogens with zero attached hydrogens (tertiary/aromatic N) is 1. The number of hydrogen-bond acceptors (Lipinski definition) is 2. The van der Waals surface area contributed by atoms with Crippen molar-refractivity contribution in [1.29, 1.82) is 0 Å². The van der Waals surface area contributed by atoms with Crippen LogP contribution in [0.15, 0.2) is 24.3 Å². The molecule has 1 aliphatic heterocycles. The Labute approximate surface area is 128 Å². The Hall–Kier alpha value is -1.75. The molecular weight excluding hydrogens is 292 g/mol. The second-order valence-electron chi connectivity index (χ2n) is 5.28. The highest BCUT2D eigenvalue weighted by atomic mass is 35.5. The smallest absolute Gasteiger partial charge is 0.317 e. The average molecular weight is 311 g/mol. The summed E-state index contributed by atoms with van der Waals surface area (Å²) in [5, 5.41) is 12.3. The van der Waals surface area contributed by atoms with E-state index in [-0.39, 0.29) is 18.4 Å². The van der Waals surface area contributed by atoms with Gasteiger partial charge in [0.05, 0.1) is 0 Å². The van der Waals surface area contributed by atoms with Gasteiger partial charge in [-0.05, 0) is 30.4 Å². The average Bonchev–Trinajstić information content (AvgIpc) is 2.46. The van der Waals surface area contributed by atoms with Crippen LogP contribution in [0.1, 0.15) is 24.8 Å². The third kappa shape index (κ3) is 4.63. The Morgan fingerprint density at radius 2 is 1.95 bits per heavy atom. The molecule has 0 aliphatic carbocycles. The number of nitrogens with one attached hydrogen (secondary N) is 1. The van der Waals surface area contributed by atoms with E-state index in [2.05, 4.69) is 5.32 Å². The van der Waals surface area contributed by atoms with Crippen molar-refractivity contribution in [2.45, 2.75) is 25.8 Å². The molecule has 1 saturated heterocycles. The van der Waals surface area contributed by atoms with Crippen LogP contribution in [-0.4, -0.2) is 35.1 Å². The minimum Gasteiger partial charge on any atom is -0.481 e. The lowest BCUT2D eigenvalue weighted by molar-refractivity contribution is -0.138. The zero-order valence-corrected chi connectivity index (χ0v) is 12.5. The van der Waals surface area contributed by atoms with Crippen LogP contribution in [-0.2, 0) is 11.3 Å². The molecule has 114 valence electrons. The van der Waals surface area contributed by atoms with E-state index in [1.54, 1.807) is 11.0 Å². The van der Waals surface area contributed by atoms with Crippen LogP contribution in [0.2, 0.25) is 5.02 Å². The molecule has 5 nitrogen and oxygen atoms in total. The standard InChI is InChI=1S/C15H19ClN2O3/c16-13-4-2-1-3-12(13)10-17-15(21)18-7-5-11(6-8-18)9-14(19)20/h1-4,11H,5-10H2,(H,17,21)(H,19,20). The number of urea groups is 1. The van der Waals surface area contributed by atoms with Crippen molar-refractivity contribution in [1.82, 2.24) is 10.2 Å². The number of benzene rings is 1. The van der Waals surface area contributed by atoms with E-state index >= 15 is 0 Å². The van der Waals surface area contributed by atoms with Gasteiger partial charge in [0.1, 0.15) is 0 Å². The van der Waals surface area contributed by atoms with Crippen LogP contribution in [0.5, 0.6) is 0 Å². The van der Waals surface area contributed by atoms with Gasteiger partial charge in [-0.25, -0.2) is 4.79 Å². The van der Waals surface area contributed by atoms with E-state index < -0.39 is 5.97 Å². The molecule has 1 aromatic rings. The predicted molar refractivity (Wildman–Crippen MR) is 80.2 cm³/mol. The first-order valence-electron chi connectivity index (χ1n) is 7.04. The number of hydrogen-bond donors (Lipinski definition) is 2. The quantitative estimate of drug-likeness (QED) is 0.898. The van der Waals surface area contributed by atoms with Gasteiger partial charge >= 0.3 is 12.0 Å². The lowest BCUT2D eigenvalue weighted by Crippen LogP contribution is -2.44. The molecular formula is C15H19ClN2O3. The van der Waals surface area contributed by atoms with Gasteiger partial charge in [-0.2, -0.15) is 0 Å². The molecule has 0 bridgehead atoms. The monoisotopic (exact) mass is 310 g/mol. The highest BCUT2D eigenvalue weighted by Gasteiger charge is 2.24. The minimum absolute atomic E-state index is 0.122. The SMILES string of the molecule is O=C(O)CC1CCN(C(=O)NCc2ccccc2Cl)CC1. The zero-order chi connectivity index (χ0) is 15.2. The first-order chi connectivity index (χ1) is 10.1. The second kappa shape index (κ2) is 7.31. The maximum absolute atomic E-state index is 12.1. The number of rotatable bonds is 4. The van der Waals surface area contributed by atoms with E-state index in [0.717, 1.165) is 18.4 Å². The Balaban J connectivity index is 1.77. The maximum Gasteiger partial charge on any atom is 0.317 e. The molecule has 1 heterocycles. The summed E-state index contributed by atoms with van der Waals surface area (Å²) in [6, 6.07) is 7.28. The van der Waals surface area contributed by atoms with E-state index in [4.69, 9.17) is 16.7 Å². The van der Waals surface area contributed by atoms with Crippen LogP contribution < -0.4 is 5.32 Å². The molecule has 2 rings (SSSR count). The van der Waals surface area contributed by atoms with Crippen LogP contribution in [0.25, 0.3) is 0 Å². The molecule has 21 heavy (non-hydrogen) atoms. The summed E-state index contributed by atoms with van der Waals surface area (Å²) in [4.78, 5) is 24.5. The highest BCUT2D eigenvalue weighted by molar-refractivity contribution is 6.31. The van der Waals surface area contributed by atoms with Gasteiger partial charge in [0.15, 0.2) is 0 Å². The maximum atomic E-state index is 12.1. The lowest BCUT2D eigenvalue weighted by atomic mass is 9.94. The van der Waals surface area contributed by atoms with Gasteiger partial charge in [-0.3, -0.25) is 4.79 Å². The zero-order valence-electron chi connectivity index (χ0n) is 11.7. The van der Waals surface area contributed by atoms with Crippen molar-refractivity contribution in [3.63, 3.8) is 0 Å². The molecule has 0 aromatic heterocycles. The van der Waals surface area contributed by atoms with Crippen LogP contribution in [0.4, 0.5) is 4.79 Å². The minimum atomic E-state index is -0.767. The van der Waals surface area contributed by atoms with Crippen molar-refractivity contribution in [2.24, 2.45) is 5.92 Å². The molecule has 0 radical (unpaired) electrons. The molecule has 0 saturated carbocycles. The van der Waals surface area contributed by atoms with E-state index in [1.807, 2.05) is 18.2 Å². The van der Waals surface area contributed by atoms with Gasteiger partial charge < -0.3 is 15.3 Å². The molecule has 2 N–H and O–H groups in total. The number of carboxylic acids is 1. The number of likely N-dealkylation sites (tertiary alicyclic amines) is 1. The number of aliphatic carboxylic acids is 1. The number of carbonyl (C=O) groups is 2. The molecule has 2 amide bonds. The second-order valence-corrected chi connectivity index (χ2v) is 5.69. The topological polar surface area (TPSA) is 69.6 Å². The Morgan fingerprint density at radius 1 is 1.29 bits per heavy atom. The number of halogens is 1. The number of carbonyl (C=O) groups excluding carboxylic acids is 1. The summed E-state index contributed by atoms with van der Waals surface area (Å²) in [6.45, 7) is 1.60. The van der Waals surface area contributed by atoms with E-state index in [1.165, 1.54) is 0 Å². The first kappa shape index (κ1) is 15.6. The number of carboxylic acid groups (broad SMARTS) is 1. The number of piperidine rings is 1. The van der Waals surface area contributed by atoms with Crippen molar-refractivity contribution < 1.29 is 14.7 Å². The summed E-state index contributed by atoms with van der Waals surface area (Å²) >= 11 is 6.04. The predicted octanol–water partition coefficient (Wildman–Crippen LogP) is 2.74. The Morgan fingerprint density at radius 3 is 2.57 bits per heavy atom. The summed E-state index contributed by atoms with van der Waals surface area (Å²) in [7, 11) is 0. The van der Waals surface area contributed by atoms with Gasteiger partial charge in [0.2, 0.25) is 0 Å². The molecule has 1 aromatic carbocycles. The van der Waals surface area contributed by atoms with Crippen molar-refractivity contribution in [2.75, 3.05) is 13.1 Å². The Bertz CT molecular complexity index is 513. The molecule has 6 heteroatoms. The van der Waals surface area contributed by atoms with Gasteiger partial charge in [0, 0.05) is 31.1 Å². The molecule has 0 atom stereocenters. The van der Waals surface area contributed by atoms with Crippen LogP contribution >= 0.6 is 11.6 Å². The normalized spacial score (nSPS) is 15.8. The fourth-order valence-corrected chi connectivity index (χ4v) is 2.71. The largest absolute Gasteiger partial charge is 0.481 e. The highest BCUT2D eigenvalue weighted by Crippen LogP contribution is 2.20. The fourth-order valence-electron chi connectivity index (χ4n) is 2.51. The van der Waals surface area contributed by atoms with Crippen molar-refractivity contribution >= 4 is 23.6 Å². The van der Waals surface area contributed by atoms with Gasteiger partial charge in [-0.1, -0.05) is 29.8 Å². The first-order valence-corrected chi connectivity index (χ1v) is 7.42. The van der Waals surface area contributed by atoms with Crippen LogP contribution in [0, 0.1) is 5.92 Å². The third-order valence-corrected chi connectivity index (χ3v) is 4.12. The van der Waals surface area contributed by atoms with Crippen molar-refractivity contribution in [3.05, 3.63) is 34.9 Å². The van der Waals surface area contributed by atoms with E-state index in [0.29, 0.717) is 24.7 Å². The van der Waals surface area contributed by atoms with Gasteiger partial charge in [-0.15, -0.1) is 0 Å². The molecule has 0 unspecified atom stereocenters. The molecule has 1 fully saturated rings. The van der Waals surface area contributed by atoms with Crippen molar-refractivity contribution in [3.8, 4) is 0 Å². The molecule has 0 spiro atoms. The number of amides is 2. The summed E-state index contributed by atoms with van der Waals surface area (Å²) < 4.78 is 0. The summed E-state index contributed by atoms with van der Waals surface area (Å²) in [5.41, 5.74) is 0.883. The van der Waals surface area contributed by atoms with E-state index in [9.17, 15) is 9.59 Å². The molecule has 1 aliphatic rings. The lowest BCUT2D eigenvalue weighted by Gasteiger charge is -2.31. The fraction of sp³-hybridized carbons (Fsp3) is 0.467. The summed E-state index contributed by atoms with van der Waals surface area (Å²) in [6.07, 6.45) is 1.67. The third-order valence-electron chi connectivity index (χ3n) is 3.75. The summed E-state index contributed by atoms with van der Waals surface area (Å²) in [5.74, 6) is -0.591.